The molecular formula is C27H33N3O5S. The third-order valence-electron chi connectivity index (χ3n) is 7.09. The van der Waals surface area contributed by atoms with Crippen molar-refractivity contribution in [3.63, 3.8) is 0 Å². The van der Waals surface area contributed by atoms with Crippen molar-refractivity contribution < 1.29 is 22.8 Å². The summed E-state index contributed by atoms with van der Waals surface area (Å²) in [6.07, 6.45) is 6.97. The van der Waals surface area contributed by atoms with E-state index in [4.69, 9.17) is 9.57 Å². The fourth-order valence-electron chi connectivity index (χ4n) is 4.97. The maximum absolute atomic E-state index is 13.0. The molecule has 1 atom stereocenters. The Morgan fingerprint density at radius 2 is 1.75 bits per heavy atom. The summed E-state index contributed by atoms with van der Waals surface area (Å²) in [6.45, 7) is 2.13. The van der Waals surface area contributed by atoms with Gasteiger partial charge in [-0.1, -0.05) is 24.3 Å². The van der Waals surface area contributed by atoms with Crippen molar-refractivity contribution >= 4 is 27.7 Å². The van der Waals surface area contributed by atoms with Gasteiger partial charge in [0.05, 0.1) is 4.91 Å². The number of rotatable bonds is 7. The molecule has 192 valence electrons. The van der Waals surface area contributed by atoms with Crippen molar-refractivity contribution in [3.8, 4) is 0 Å². The van der Waals surface area contributed by atoms with E-state index in [-0.39, 0.29) is 18.2 Å². The molecule has 1 aliphatic carbocycles. The summed E-state index contributed by atoms with van der Waals surface area (Å²) in [4.78, 5) is 20.4. The van der Waals surface area contributed by atoms with Crippen LogP contribution in [0.3, 0.4) is 0 Å². The van der Waals surface area contributed by atoms with Gasteiger partial charge in [-0.3, -0.25) is 4.79 Å². The largest absolute Gasteiger partial charge is 0.371 e. The van der Waals surface area contributed by atoms with E-state index in [0.29, 0.717) is 23.5 Å². The summed E-state index contributed by atoms with van der Waals surface area (Å²) in [5.74, 6) is -0.302. The first kappa shape index (κ1) is 25.0. The molecule has 0 saturated carbocycles. The van der Waals surface area contributed by atoms with Crippen LogP contribution in [-0.4, -0.2) is 46.4 Å². The van der Waals surface area contributed by atoms with Crippen LogP contribution in [0.25, 0.3) is 6.08 Å². The number of hydrogen-bond donors (Lipinski definition) is 2. The maximum atomic E-state index is 13.0. The molecule has 2 aromatic rings. The molecular weight excluding hydrogens is 478 g/mol. The quantitative estimate of drug-likeness (QED) is 0.550. The van der Waals surface area contributed by atoms with Crippen molar-refractivity contribution in [1.82, 2.24) is 10.2 Å². The molecule has 2 aliphatic heterocycles. The smallest absolute Gasteiger partial charge is 0.274 e. The van der Waals surface area contributed by atoms with E-state index in [1.165, 1.54) is 5.56 Å². The summed E-state index contributed by atoms with van der Waals surface area (Å²) in [5.41, 5.74) is 6.19. The lowest BCUT2D eigenvalue weighted by Crippen LogP contribution is -2.45. The van der Waals surface area contributed by atoms with Crippen LogP contribution < -0.4 is 15.1 Å². The standard InChI is InChI=1S/C27H33N3O5S/c31-27(28-35-26-7-3-4-18-34-26)21-8-11-24(12-9-21)30-16-14-23(15-17-30)29-36(32,33)25-13-10-20-5-1-2-6-22(20)19-25/h1-2,5-6,8-9,11-12,19,23,26,29H,3-4,7,10,13-18H2,(H,28,31). The van der Waals surface area contributed by atoms with Gasteiger partial charge in [0, 0.05) is 43.4 Å². The van der Waals surface area contributed by atoms with E-state index in [9.17, 15) is 13.2 Å². The molecule has 5 rings (SSSR count). The summed E-state index contributed by atoms with van der Waals surface area (Å²) in [5, 5.41) is 0. The second-order valence-electron chi connectivity index (χ2n) is 9.58. The van der Waals surface area contributed by atoms with Gasteiger partial charge in [-0.2, -0.15) is 0 Å². The van der Waals surface area contributed by atoms with E-state index in [1.54, 1.807) is 18.2 Å². The van der Waals surface area contributed by atoms with Crippen LogP contribution in [-0.2, 0) is 26.0 Å². The summed E-state index contributed by atoms with van der Waals surface area (Å²) < 4.78 is 34.4. The number of sulfonamides is 1. The zero-order valence-corrected chi connectivity index (χ0v) is 21.1. The number of carbonyl (C=O) groups is 1. The van der Waals surface area contributed by atoms with E-state index in [0.717, 1.165) is 62.9 Å². The molecule has 2 aromatic carbocycles. The van der Waals surface area contributed by atoms with E-state index < -0.39 is 10.0 Å². The van der Waals surface area contributed by atoms with Gasteiger partial charge >= 0.3 is 0 Å². The fourth-order valence-corrected chi connectivity index (χ4v) is 6.45. The van der Waals surface area contributed by atoms with Gasteiger partial charge in [0.15, 0.2) is 6.29 Å². The predicted molar refractivity (Wildman–Crippen MR) is 139 cm³/mol. The topological polar surface area (TPSA) is 97.0 Å². The summed E-state index contributed by atoms with van der Waals surface area (Å²) >= 11 is 0. The Hall–Kier alpha value is -2.72. The van der Waals surface area contributed by atoms with Gasteiger partial charge < -0.3 is 9.64 Å². The minimum Gasteiger partial charge on any atom is -0.371 e. The van der Waals surface area contributed by atoms with E-state index >= 15 is 0 Å². The number of hydroxylamine groups is 1. The molecule has 3 aliphatic rings. The molecule has 9 heteroatoms. The van der Waals surface area contributed by atoms with Gasteiger partial charge in [0.2, 0.25) is 10.0 Å². The third kappa shape index (κ3) is 5.98. The molecule has 2 N–H and O–H groups in total. The summed E-state index contributed by atoms with van der Waals surface area (Å²) in [7, 11) is -3.51. The zero-order valence-electron chi connectivity index (χ0n) is 20.3. The number of fused-ring (bicyclic) bond motifs is 1. The van der Waals surface area contributed by atoms with E-state index in [1.807, 2.05) is 30.3 Å². The first-order chi connectivity index (χ1) is 17.5. The van der Waals surface area contributed by atoms with Crippen LogP contribution >= 0.6 is 0 Å². The van der Waals surface area contributed by atoms with Gasteiger partial charge in [-0.25, -0.2) is 23.5 Å². The minimum absolute atomic E-state index is 0.0893. The molecule has 0 radical (unpaired) electrons. The number of ether oxygens (including phenoxy) is 1. The highest BCUT2D eigenvalue weighted by Crippen LogP contribution is 2.28. The van der Waals surface area contributed by atoms with Crippen molar-refractivity contribution in [3.05, 3.63) is 70.1 Å². The highest BCUT2D eigenvalue weighted by atomic mass is 32.2. The first-order valence-corrected chi connectivity index (χ1v) is 14.2. The van der Waals surface area contributed by atoms with Crippen molar-refractivity contribution in [2.24, 2.45) is 0 Å². The lowest BCUT2D eigenvalue weighted by Gasteiger charge is -2.34. The van der Waals surface area contributed by atoms with Crippen LogP contribution in [0.2, 0.25) is 0 Å². The Balaban J connectivity index is 1.11. The Labute approximate surface area is 212 Å². The number of hydrogen-bond acceptors (Lipinski definition) is 6. The highest BCUT2D eigenvalue weighted by molar-refractivity contribution is 7.93. The van der Waals surface area contributed by atoms with Crippen LogP contribution in [0.1, 0.15) is 60.0 Å². The van der Waals surface area contributed by atoms with Gasteiger partial charge in [0.25, 0.3) is 5.91 Å². The Kier molecular flexibility index (Phi) is 7.71. The fraction of sp³-hybridized carbons (Fsp3) is 0.444. The molecule has 0 spiro atoms. The van der Waals surface area contributed by atoms with Gasteiger partial charge in [0.1, 0.15) is 0 Å². The second kappa shape index (κ2) is 11.1. The number of allylic oxidation sites excluding steroid dienone is 1. The molecule has 2 heterocycles. The monoisotopic (exact) mass is 511 g/mol. The lowest BCUT2D eigenvalue weighted by atomic mass is 9.98. The predicted octanol–water partition coefficient (Wildman–Crippen LogP) is 3.75. The molecule has 8 nitrogen and oxygen atoms in total. The highest BCUT2D eigenvalue weighted by Gasteiger charge is 2.27. The van der Waals surface area contributed by atoms with Crippen molar-refractivity contribution in [1.29, 1.82) is 0 Å². The molecule has 0 bridgehead atoms. The molecule has 2 fully saturated rings. The first-order valence-electron chi connectivity index (χ1n) is 12.7. The average Bonchev–Trinajstić information content (AvgIpc) is 2.92. The molecule has 1 amide bonds. The third-order valence-corrected chi connectivity index (χ3v) is 8.75. The number of piperidine rings is 1. The number of amides is 1. The van der Waals surface area contributed by atoms with Crippen molar-refractivity contribution in [2.75, 3.05) is 24.6 Å². The van der Waals surface area contributed by atoms with Crippen molar-refractivity contribution in [2.45, 2.75) is 57.3 Å². The van der Waals surface area contributed by atoms with Crippen LogP contribution in [0.5, 0.6) is 0 Å². The normalized spacial score (nSPS) is 20.9. The molecule has 36 heavy (non-hydrogen) atoms. The van der Waals surface area contributed by atoms with Crippen LogP contribution in [0.15, 0.2) is 53.4 Å². The number of benzene rings is 2. The Morgan fingerprint density at radius 3 is 2.50 bits per heavy atom. The molecule has 0 aromatic heterocycles. The zero-order chi connectivity index (χ0) is 25.0. The summed E-state index contributed by atoms with van der Waals surface area (Å²) in [6, 6.07) is 15.2. The number of carbonyl (C=O) groups excluding carboxylic acids is 1. The number of anilines is 1. The van der Waals surface area contributed by atoms with Gasteiger partial charge in [-0.15, -0.1) is 0 Å². The van der Waals surface area contributed by atoms with Crippen LogP contribution in [0.4, 0.5) is 5.69 Å². The van der Waals surface area contributed by atoms with E-state index in [2.05, 4.69) is 21.2 Å². The SMILES string of the molecule is O=C(NOC1CCCCO1)c1ccc(N2CCC(NS(=O)(=O)C3=Cc4ccccc4CC3)CC2)cc1. The average molecular weight is 512 g/mol. The lowest BCUT2D eigenvalue weighted by molar-refractivity contribution is -0.186. The maximum Gasteiger partial charge on any atom is 0.274 e. The molecule has 2 saturated heterocycles. The molecule has 1 unspecified atom stereocenters. The van der Waals surface area contributed by atoms with Crippen LogP contribution in [0, 0.1) is 0 Å². The number of aryl methyl sites for hydroxylation is 1. The minimum atomic E-state index is -3.51. The van der Waals surface area contributed by atoms with Gasteiger partial charge in [-0.05, 0) is 80.0 Å². The number of nitrogens with one attached hydrogen (secondary N) is 2. The Morgan fingerprint density at radius 1 is 0.972 bits per heavy atom. The second-order valence-corrected chi connectivity index (χ2v) is 11.4. The Bertz CT molecular complexity index is 1200. The number of nitrogens with zero attached hydrogens (tertiary/aromatic N) is 1.